The SMILES string of the molecule is CCOC(=O)CC(C)Sc1nccnc1N. The minimum Gasteiger partial charge on any atom is -0.466 e. The average Bonchev–Trinajstić information content (AvgIpc) is 2.21. The van der Waals surface area contributed by atoms with Crippen LogP contribution in [0.2, 0.25) is 0 Å². The van der Waals surface area contributed by atoms with Crippen molar-refractivity contribution in [2.45, 2.75) is 30.5 Å². The second-order valence-electron chi connectivity index (χ2n) is 3.18. The van der Waals surface area contributed by atoms with E-state index in [9.17, 15) is 4.79 Å². The van der Waals surface area contributed by atoms with Crippen LogP contribution in [0.4, 0.5) is 5.82 Å². The molecule has 1 atom stereocenters. The number of hydrogen-bond donors (Lipinski definition) is 1. The number of anilines is 1. The molecule has 1 aromatic rings. The standard InChI is InChI=1S/C10H15N3O2S/c1-3-15-8(14)6-7(2)16-10-9(11)12-4-5-13-10/h4-5,7H,3,6H2,1-2H3,(H2,11,12). The van der Waals surface area contributed by atoms with E-state index in [0.717, 1.165) is 0 Å². The first-order valence-corrected chi connectivity index (χ1v) is 5.90. The van der Waals surface area contributed by atoms with Crippen LogP contribution in [0.5, 0.6) is 0 Å². The predicted octanol–water partition coefficient (Wildman–Crippen LogP) is 1.49. The first-order valence-electron chi connectivity index (χ1n) is 5.02. The van der Waals surface area contributed by atoms with E-state index < -0.39 is 0 Å². The van der Waals surface area contributed by atoms with Gasteiger partial charge < -0.3 is 10.5 Å². The molecule has 0 aliphatic heterocycles. The minimum atomic E-state index is -0.204. The number of thioether (sulfide) groups is 1. The number of aromatic nitrogens is 2. The van der Waals surface area contributed by atoms with Gasteiger partial charge in [-0.05, 0) is 6.92 Å². The quantitative estimate of drug-likeness (QED) is 0.621. The van der Waals surface area contributed by atoms with Gasteiger partial charge in [0, 0.05) is 17.6 Å². The van der Waals surface area contributed by atoms with Crippen LogP contribution in [0.25, 0.3) is 0 Å². The number of esters is 1. The highest BCUT2D eigenvalue weighted by molar-refractivity contribution is 8.00. The number of nitrogen functional groups attached to an aromatic ring is 1. The molecule has 6 heteroatoms. The molecule has 0 spiro atoms. The van der Waals surface area contributed by atoms with Crippen molar-refractivity contribution >= 4 is 23.5 Å². The maximum Gasteiger partial charge on any atom is 0.306 e. The monoisotopic (exact) mass is 241 g/mol. The molecule has 0 bridgehead atoms. The summed E-state index contributed by atoms with van der Waals surface area (Å²) in [6.07, 6.45) is 3.46. The zero-order valence-corrected chi connectivity index (χ0v) is 10.2. The van der Waals surface area contributed by atoms with Gasteiger partial charge in [0.2, 0.25) is 0 Å². The molecule has 16 heavy (non-hydrogen) atoms. The molecule has 0 saturated heterocycles. The largest absolute Gasteiger partial charge is 0.466 e. The Morgan fingerprint density at radius 3 is 2.88 bits per heavy atom. The third-order valence-corrected chi connectivity index (χ3v) is 2.87. The van der Waals surface area contributed by atoms with Gasteiger partial charge >= 0.3 is 5.97 Å². The molecule has 0 aromatic carbocycles. The normalized spacial score (nSPS) is 12.1. The molecule has 0 aliphatic carbocycles. The van der Waals surface area contributed by atoms with Gasteiger partial charge in [-0.25, -0.2) is 9.97 Å². The van der Waals surface area contributed by atoms with E-state index >= 15 is 0 Å². The van der Waals surface area contributed by atoms with Crippen molar-refractivity contribution in [3.05, 3.63) is 12.4 Å². The third kappa shape index (κ3) is 4.06. The Labute approximate surface area is 98.8 Å². The van der Waals surface area contributed by atoms with Gasteiger partial charge in [0.1, 0.15) is 5.03 Å². The van der Waals surface area contributed by atoms with E-state index in [2.05, 4.69) is 9.97 Å². The molecule has 1 heterocycles. The lowest BCUT2D eigenvalue weighted by Gasteiger charge is -2.10. The summed E-state index contributed by atoms with van der Waals surface area (Å²) >= 11 is 1.42. The Bertz CT molecular complexity index is 360. The first kappa shape index (κ1) is 12.8. The molecule has 0 fully saturated rings. The Morgan fingerprint density at radius 1 is 1.56 bits per heavy atom. The molecule has 1 unspecified atom stereocenters. The summed E-state index contributed by atoms with van der Waals surface area (Å²) in [5.74, 6) is 0.188. The molecule has 1 aromatic heterocycles. The molecule has 0 amide bonds. The Hall–Kier alpha value is -1.30. The summed E-state index contributed by atoms with van der Waals surface area (Å²) in [7, 11) is 0. The van der Waals surface area contributed by atoms with E-state index in [0.29, 0.717) is 23.9 Å². The van der Waals surface area contributed by atoms with Crippen molar-refractivity contribution in [1.29, 1.82) is 0 Å². The van der Waals surface area contributed by atoms with Crippen molar-refractivity contribution in [2.24, 2.45) is 0 Å². The predicted molar refractivity (Wildman–Crippen MR) is 63.0 cm³/mol. The van der Waals surface area contributed by atoms with Gasteiger partial charge in [0.25, 0.3) is 0 Å². The first-order chi connectivity index (χ1) is 7.63. The van der Waals surface area contributed by atoms with Crippen LogP contribution in [-0.2, 0) is 9.53 Å². The Kier molecular flexibility index (Phi) is 5.04. The molecule has 0 aliphatic rings. The van der Waals surface area contributed by atoms with Crippen LogP contribution in [0.1, 0.15) is 20.3 Å². The van der Waals surface area contributed by atoms with Crippen molar-refractivity contribution in [1.82, 2.24) is 9.97 Å². The third-order valence-electron chi connectivity index (χ3n) is 1.76. The lowest BCUT2D eigenvalue weighted by atomic mass is 10.3. The van der Waals surface area contributed by atoms with Gasteiger partial charge in [0.15, 0.2) is 5.82 Å². The highest BCUT2D eigenvalue weighted by Crippen LogP contribution is 2.26. The highest BCUT2D eigenvalue weighted by atomic mass is 32.2. The van der Waals surface area contributed by atoms with Crippen LogP contribution in [0, 0.1) is 0 Å². The zero-order chi connectivity index (χ0) is 12.0. The molecule has 0 radical (unpaired) electrons. The van der Waals surface area contributed by atoms with Gasteiger partial charge in [-0.15, -0.1) is 0 Å². The minimum absolute atomic E-state index is 0.0676. The lowest BCUT2D eigenvalue weighted by molar-refractivity contribution is -0.142. The van der Waals surface area contributed by atoms with Crippen molar-refractivity contribution in [3.63, 3.8) is 0 Å². The highest BCUT2D eigenvalue weighted by Gasteiger charge is 2.13. The summed E-state index contributed by atoms with van der Waals surface area (Å²) in [5.41, 5.74) is 5.65. The van der Waals surface area contributed by atoms with E-state index in [-0.39, 0.29) is 11.2 Å². The van der Waals surface area contributed by atoms with Gasteiger partial charge in [-0.2, -0.15) is 0 Å². The van der Waals surface area contributed by atoms with Gasteiger partial charge in [-0.1, -0.05) is 18.7 Å². The number of hydrogen-bond acceptors (Lipinski definition) is 6. The summed E-state index contributed by atoms with van der Waals surface area (Å²) in [4.78, 5) is 19.2. The summed E-state index contributed by atoms with van der Waals surface area (Å²) in [5, 5.41) is 0.720. The van der Waals surface area contributed by atoms with Crippen molar-refractivity contribution in [3.8, 4) is 0 Å². The molecule has 2 N–H and O–H groups in total. The number of rotatable bonds is 5. The van der Waals surface area contributed by atoms with Crippen LogP contribution in [0.15, 0.2) is 17.4 Å². The topological polar surface area (TPSA) is 78.1 Å². The second kappa shape index (κ2) is 6.32. The fraction of sp³-hybridized carbons (Fsp3) is 0.500. The summed E-state index contributed by atoms with van der Waals surface area (Å²) in [6.45, 7) is 4.12. The van der Waals surface area contributed by atoms with Crippen LogP contribution in [-0.4, -0.2) is 27.8 Å². The van der Waals surface area contributed by atoms with Crippen molar-refractivity contribution in [2.75, 3.05) is 12.3 Å². The van der Waals surface area contributed by atoms with Gasteiger partial charge in [-0.3, -0.25) is 4.79 Å². The van der Waals surface area contributed by atoms with Crippen molar-refractivity contribution < 1.29 is 9.53 Å². The number of carbonyl (C=O) groups excluding carboxylic acids is 1. The number of nitrogens with zero attached hydrogens (tertiary/aromatic N) is 2. The molecule has 0 saturated carbocycles. The van der Waals surface area contributed by atoms with Crippen LogP contribution >= 0.6 is 11.8 Å². The maximum atomic E-state index is 11.2. The fourth-order valence-corrected chi connectivity index (χ4v) is 2.01. The molecule has 1 rings (SSSR count). The number of nitrogens with two attached hydrogens (primary N) is 1. The van der Waals surface area contributed by atoms with Gasteiger partial charge in [0.05, 0.1) is 13.0 Å². The molecule has 88 valence electrons. The molecule has 5 nitrogen and oxygen atoms in total. The number of ether oxygens (including phenoxy) is 1. The zero-order valence-electron chi connectivity index (χ0n) is 9.34. The smallest absolute Gasteiger partial charge is 0.306 e. The number of carbonyl (C=O) groups is 1. The fourth-order valence-electron chi connectivity index (χ4n) is 1.11. The van der Waals surface area contributed by atoms with E-state index in [1.807, 2.05) is 6.92 Å². The summed E-state index contributed by atoms with van der Waals surface area (Å²) < 4.78 is 4.86. The molecular formula is C10H15N3O2S. The average molecular weight is 241 g/mol. The van der Waals surface area contributed by atoms with E-state index in [1.54, 1.807) is 13.1 Å². The van der Waals surface area contributed by atoms with E-state index in [4.69, 9.17) is 10.5 Å². The maximum absolute atomic E-state index is 11.2. The molecular weight excluding hydrogens is 226 g/mol. The van der Waals surface area contributed by atoms with Crippen LogP contribution in [0.3, 0.4) is 0 Å². The Morgan fingerprint density at radius 2 is 2.25 bits per heavy atom. The van der Waals surface area contributed by atoms with E-state index in [1.165, 1.54) is 18.0 Å². The van der Waals surface area contributed by atoms with Crippen LogP contribution < -0.4 is 5.73 Å². The Balaban J connectivity index is 2.48. The second-order valence-corrected chi connectivity index (χ2v) is 4.61. The summed E-state index contributed by atoms with van der Waals surface area (Å²) in [6, 6.07) is 0. The lowest BCUT2D eigenvalue weighted by Crippen LogP contribution is -2.11.